The highest BCUT2D eigenvalue weighted by atomic mass is 35.5. The fraction of sp³-hybridized carbons (Fsp3) is 0.350. The second-order valence-electron chi connectivity index (χ2n) is 6.46. The standard InChI is InChI=1S/C20H25N3O.ClH/c1-22(16-18-5-3-2-4-6-18)19-11-13-23(14-12-19)20-9-7-17(8-10-20)15-21-24;/h2-10,15,19,24H,11-14,16H2,1H3;1H. The Balaban J connectivity index is 0.00000225. The molecule has 5 heteroatoms. The van der Waals surface area contributed by atoms with Gasteiger partial charge < -0.3 is 10.1 Å². The van der Waals surface area contributed by atoms with Crippen LogP contribution in [0, 0.1) is 0 Å². The smallest absolute Gasteiger partial charge is 0.0733 e. The van der Waals surface area contributed by atoms with Crippen LogP contribution >= 0.6 is 12.4 Å². The molecule has 0 radical (unpaired) electrons. The number of anilines is 1. The summed E-state index contributed by atoms with van der Waals surface area (Å²) in [7, 11) is 2.23. The number of rotatable bonds is 5. The molecule has 0 bridgehead atoms. The van der Waals surface area contributed by atoms with Crippen molar-refractivity contribution in [2.75, 3.05) is 25.0 Å². The van der Waals surface area contributed by atoms with Gasteiger partial charge in [-0.15, -0.1) is 12.4 Å². The van der Waals surface area contributed by atoms with Crippen LogP contribution in [0.25, 0.3) is 0 Å². The summed E-state index contributed by atoms with van der Waals surface area (Å²) in [6.07, 6.45) is 3.82. The molecule has 134 valence electrons. The molecule has 1 aliphatic heterocycles. The van der Waals surface area contributed by atoms with Gasteiger partial charge >= 0.3 is 0 Å². The monoisotopic (exact) mass is 359 g/mol. The second-order valence-corrected chi connectivity index (χ2v) is 6.46. The lowest BCUT2D eigenvalue weighted by atomic mass is 10.0. The number of halogens is 1. The third kappa shape index (κ3) is 5.21. The molecule has 0 atom stereocenters. The summed E-state index contributed by atoms with van der Waals surface area (Å²) in [6, 6.07) is 19.5. The Morgan fingerprint density at radius 3 is 2.32 bits per heavy atom. The van der Waals surface area contributed by atoms with E-state index in [-0.39, 0.29) is 12.4 Å². The van der Waals surface area contributed by atoms with Gasteiger partial charge in [0.2, 0.25) is 0 Å². The van der Waals surface area contributed by atoms with Gasteiger partial charge in [0.05, 0.1) is 6.21 Å². The Labute approximate surface area is 156 Å². The average Bonchev–Trinajstić information content (AvgIpc) is 2.64. The molecule has 0 saturated carbocycles. The summed E-state index contributed by atoms with van der Waals surface area (Å²) in [5, 5.41) is 11.6. The Hall–Kier alpha value is -2.04. The largest absolute Gasteiger partial charge is 0.411 e. The highest BCUT2D eigenvalue weighted by Crippen LogP contribution is 2.23. The minimum atomic E-state index is 0. The Morgan fingerprint density at radius 2 is 1.72 bits per heavy atom. The van der Waals surface area contributed by atoms with Crippen molar-refractivity contribution in [3.05, 3.63) is 65.7 Å². The number of hydrogen-bond acceptors (Lipinski definition) is 4. The lowest BCUT2D eigenvalue weighted by molar-refractivity contribution is 0.200. The zero-order valence-corrected chi connectivity index (χ0v) is 15.4. The van der Waals surface area contributed by atoms with Crippen molar-refractivity contribution >= 4 is 24.3 Å². The molecule has 3 rings (SSSR count). The molecule has 0 amide bonds. The van der Waals surface area contributed by atoms with Crippen LogP contribution in [0.1, 0.15) is 24.0 Å². The SMILES string of the molecule is CN(Cc1ccccc1)C1CCN(c2ccc(C=NO)cc2)CC1.Cl. The topological polar surface area (TPSA) is 39.1 Å². The molecule has 0 aromatic heterocycles. The van der Waals surface area contributed by atoms with Gasteiger partial charge in [-0.05, 0) is 43.1 Å². The number of hydrogen-bond donors (Lipinski definition) is 1. The maximum Gasteiger partial charge on any atom is 0.0733 e. The van der Waals surface area contributed by atoms with Crippen LogP contribution in [0.3, 0.4) is 0 Å². The molecule has 4 nitrogen and oxygen atoms in total. The van der Waals surface area contributed by atoms with Gasteiger partial charge in [-0.2, -0.15) is 0 Å². The lowest BCUT2D eigenvalue weighted by Crippen LogP contribution is -2.43. The van der Waals surface area contributed by atoms with Crippen LogP contribution < -0.4 is 4.90 Å². The summed E-state index contributed by atoms with van der Waals surface area (Å²) < 4.78 is 0. The molecule has 1 N–H and O–H groups in total. The Kier molecular flexibility index (Phi) is 7.29. The summed E-state index contributed by atoms with van der Waals surface area (Å²) >= 11 is 0. The van der Waals surface area contributed by atoms with Gasteiger partial charge in [0.15, 0.2) is 0 Å². The van der Waals surface area contributed by atoms with Gasteiger partial charge in [0.25, 0.3) is 0 Å². The number of oxime groups is 1. The van der Waals surface area contributed by atoms with Crippen LogP contribution in [0.2, 0.25) is 0 Å². The molecule has 1 aliphatic rings. The number of piperidine rings is 1. The van der Waals surface area contributed by atoms with Crippen molar-refractivity contribution in [1.29, 1.82) is 0 Å². The van der Waals surface area contributed by atoms with Crippen LogP contribution in [-0.4, -0.2) is 42.5 Å². The van der Waals surface area contributed by atoms with E-state index < -0.39 is 0 Å². The predicted octanol–water partition coefficient (Wildman–Crippen LogP) is 4.02. The van der Waals surface area contributed by atoms with Gasteiger partial charge in [-0.1, -0.05) is 47.6 Å². The maximum atomic E-state index is 8.58. The van der Waals surface area contributed by atoms with Crippen LogP contribution in [-0.2, 0) is 6.54 Å². The zero-order chi connectivity index (χ0) is 16.8. The van der Waals surface area contributed by atoms with Crippen LogP contribution in [0.5, 0.6) is 0 Å². The van der Waals surface area contributed by atoms with E-state index in [0.29, 0.717) is 6.04 Å². The molecule has 0 unspecified atom stereocenters. The third-order valence-corrected chi connectivity index (χ3v) is 4.83. The quantitative estimate of drug-likeness (QED) is 0.498. The number of nitrogens with zero attached hydrogens (tertiary/aromatic N) is 3. The summed E-state index contributed by atoms with van der Waals surface area (Å²) in [6.45, 7) is 3.18. The van der Waals surface area contributed by atoms with E-state index in [0.717, 1.165) is 25.2 Å². The van der Waals surface area contributed by atoms with E-state index in [1.807, 2.05) is 12.1 Å². The first-order chi connectivity index (χ1) is 11.8. The molecular formula is C20H26ClN3O. The normalized spacial score (nSPS) is 15.5. The molecule has 1 fully saturated rings. The molecule has 0 spiro atoms. The third-order valence-electron chi connectivity index (χ3n) is 4.83. The maximum absolute atomic E-state index is 8.58. The minimum absolute atomic E-state index is 0. The fourth-order valence-corrected chi connectivity index (χ4v) is 3.40. The summed E-state index contributed by atoms with van der Waals surface area (Å²) in [5.41, 5.74) is 3.54. The van der Waals surface area contributed by atoms with Crippen molar-refractivity contribution in [2.24, 2.45) is 5.16 Å². The first-order valence-corrected chi connectivity index (χ1v) is 8.53. The minimum Gasteiger partial charge on any atom is -0.411 e. The highest BCUT2D eigenvalue weighted by molar-refractivity contribution is 5.85. The first kappa shape index (κ1) is 19.3. The van der Waals surface area contributed by atoms with Crippen LogP contribution in [0.15, 0.2) is 59.8 Å². The van der Waals surface area contributed by atoms with Crippen molar-refractivity contribution in [2.45, 2.75) is 25.4 Å². The average molecular weight is 360 g/mol. The molecule has 0 aliphatic carbocycles. The van der Waals surface area contributed by atoms with E-state index in [1.165, 1.54) is 30.3 Å². The molecule has 2 aromatic rings. The predicted molar refractivity (Wildman–Crippen MR) is 106 cm³/mol. The van der Waals surface area contributed by atoms with Crippen molar-refractivity contribution in [3.8, 4) is 0 Å². The van der Waals surface area contributed by atoms with Gasteiger partial charge in [0.1, 0.15) is 0 Å². The molecule has 25 heavy (non-hydrogen) atoms. The van der Waals surface area contributed by atoms with Crippen LogP contribution in [0.4, 0.5) is 5.69 Å². The van der Waals surface area contributed by atoms with E-state index in [4.69, 9.17) is 5.21 Å². The fourth-order valence-electron chi connectivity index (χ4n) is 3.40. The van der Waals surface area contributed by atoms with Crippen molar-refractivity contribution in [3.63, 3.8) is 0 Å². The van der Waals surface area contributed by atoms with E-state index in [2.05, 4.69) is 64.5 Å². The van der Waals surface area contributed by atoms with E-state index in [9.17, 15) is 0 Å². The lowest BCUT2D eigenvalue weighted by Gasteiger charge is -2.38. The zero-order valence-electron chi connectivity index (χ0n) is 14.6. The Bertz CT molecular complexity index is 652. The van der Waals surface area contributed by atoms with Crippen molar-refractivity contribution < 1.29 is 5.21 Å². The van der Waals surface area contributed by atoms with Gasteiger partial charge in [-0.25, -0.2) is 0 Å². The Morgan fingerprint density at radius 1 is 1.08 bits per heavy atom. The summed E-state index contributed by atoms with van der Waals surface area (Å²) in [4.78, 5) is 4.92. The van der Waals surface area contributed by atoms with Crippen molar-refractivity contribution in [1.82, 2.24) is 4.90 Å². The van der Waals surface area contributed by atoms with Gasteiger partial charge in [-0.3, -0.25) is 4.90 Å². The van der Waals surface area contributed by atoms with Gasteiger partial charge in [0, 0.05) is 31.4 Å². The highest BCUT2D eigenvalue weighted by Gasteiger charge is 2.22. The number of benzene rings is 2. The molecule has 1 saturated heterocycles. The first-order valence-electron chi connectivity index (χ1n) is 8.53. The molecule has 2 aromatic carbocycles. The molecule has 1 heterocycles. The summed E-state index contributed by atoms with van der Waals surface area (Å²) in [5.74, 6) is 0. The van der Waals surface area contributed by atoms with E-state index >= 15 is 0 Å². The molecular weight excluding hydrogens is 334 g/mol. The van der Waals surface area contributed by atoms with E-state index in [1.54, 1.807) is 0 Å². The second kappa shape index (κ2) is 9.44.